The first-order chi connectivity index (χ1) is 10.3. The number of rotatable bonds is 4. The Morgan fingerprint density at radius 2 is 2.00 bits per heavy atom. The summed E-state index contributed by atoms with van der Waals surface area (Å²) in [5.74, 6) is 0.327. The molecule has 3 heterocycles. The van der Waals surface area contributed by atoms with Crippen molar-refractivity contribution in [1.82, 2.24) is 15.1 Å². The minimum Gasteiger partial charge on any atom is -0.378 e. The lowest BCUT2D eigenvalue weighted by Crippen LogP contribution is -2.52. The number of hydrogen-bond acceptors (Lipinski definition) is 4. The molecule has 5 heteroatoms. The number of amides is 1. The van der Waals surface area contributed by atoms with Gasteiger partial charge < -0.3 is 15.0 Å². The second-order valence-corrected chi connectivity index (χ2v) is 6.59. The highest BCUT2D eigenvalue weighted by atomic mass is 16.5. The molecule has 0 saturated carbocycles. The van der Waals surface area contributed by atoms with E-state index < -0.39 is 0 Å². The zero-order chi connectivity index (χ0) is 14.5. The molecule has 2 atom stereocenters. The SMILES string of the molecule is O=C(CCC1CCCCO1)N1CCN(C2CCNC2)CC1. The lowest BCUT2D eigenvalue weighted by molar-refractivity contribution is -0.134. The standard InChI is InChI=1S/C16H29N3O2/c20-16(5-4-15-3-1-2-12-21-15)19-10-8-18(9-11-19)14-6-7-17-13-14/h14-15,17H,1-13H2. The summed E-state index contributed by atoms with van der Waals surface area (Å²) in [4.78, 5) is 16.9. The highest BCUT2D eigenvalue weighted by Gasteiger charge is 2.28. The van der Waals surface area contributed by atoms with Gasteiger partial charge in [-0.15, -0.1) is 0 Å². The maximum absolute atomic E-state index is 12.3. The second-order valence-electron chi connectivity index (χ2n) is 6.59. The van der Waals surface area contributed by atoms with Crippen LogP contribution in [-0.4, -0.2) is 73.7 Å². The number of ether oxygens (including phenoxy) is 1. The van der Waals surface area contributed by atoms with Crippen LogP contribution in [0.4, 0.5) is 0 Å². The normalized spacial score (nSPS) is 31.5. The van der Waals surface area contributed by atoms with E-state index in [2.05, 4.69) is 15.1 Å². The van der Waals surface area contributed by atoms with Gasteiger partial charge in [0.2, 0.25) is 5.91 Å². The summed E-state index contributed by atoms with van der Waals surface area (Å²) in [6.07, 6.45) is 6.73. The Labute approximate surface area is 128 Å². The van der Waals surface area contributed by atoms with Crippen LogP contribution >= 0.6 is 0 Å². The molecule has 3 aliphatic rings. The van der Waals surface area contributed by atoms with Gasteiger partial charge in [0.05, 0.1) is 6.10 Å². The Hall–Kier alpha value is -0.650. The van der Waals surface area contributed by atoms with E-state index in [1.165, 1.54) is 19.3 Å². The average Bonchev–Trinajstić information content (AvgIpc) is 3.08. The Kier molecular flexibility index (Phi) is 5.49. The summed E-state index contributed by atoms with van der Waals surface area (Å²) in [5, 5.41) is 3.42. The molecule has 3 rings (SSSR count). The van der Waals surface area contributed by atoms with Crippen LogP contribution in [0.1, 0.15) is 38.5 Å². The van der Waals surface area contributed by atoms with Crippen molar-refractivity contribution >= 4 is 5.91 Å². The van der Waals surface area contributed by atoms with Crippen LogP contribution in [0.2, 0.25) is 0 Å². The van der Waals surface area contributed by atoms with Crippen LogP contribution in [0.15, 0.2) is 0 Å². The number of hydrogen-bond donors (Lipinski definition) is 1. The molecule has 0 aliphatic carbocycles. The minimum absolute atomic E-state index is 0.327. The third-order valence-electron chi connectivity index (χ3n) is 5.17. The molecule has 0 aromatic heterocycles. The van der Waals surface area contributed by atoms with Crippen LogP contribution in [0.25, 0.3) is 0 Å². The largest absolute Gasteiger partial charge is 0.378 e. The third kappa shape index (κ3) is 4.18. The van der Waals surface area contributed by atoms with Gasteiger partial charge in [0.1, 0.15) is 0 Å². The fourth-order valence-corrected chi connectivity index (χ4v) is 3.77. The fourth-order valence-electron chi connectivity index (χ4n) is 3.77. The van der Waals surface area contributed by atoms with Gasteiger partial charge >= 0.3 is 0 Å². The van der Waals surface area contributed by atoms with Gasteiger partial charge in [0.15, 0.2) is 0 Å². The first kappa shape index (κ1) is 15.3. The van der Waals surface area contributed by atoms with Crippen molar-refractivity contribution in [3.63, 3.8) is 0 Å². The molecule has 3 saturated heterocycles. The van der Waals surface area contributed by atoms with Gasteiger partial charge in [-0.3, -0.25) is 9.69 Å². The third-order valence-corrected chi connectivity index (χ3v) is 5.17. The molecule has 21 heavy (non-hydrogen) atoms. The highest BCUT2D eigenvalue weighted by Crippen LogP contribution is 2.18. The smallest absolute Gasteiger partial charge is 0.222 e. The van der Waals surface area contributed by atoms with E-state index in [-0.39, 0.29) is 0 Å². The minimum atomic E-state index is 0.327. The lowest BCUT2D eigenvalue weighted by Gasteiger charge is -2.38. The predicted octanol–water partition coefficient (Wildman–Crippen LogP) is 0.842. The predicted molar refractivity (Wildman–Crippen MR) is 82.3 cm³/mol. The van der Waals surface area contributed by atoms with E-state index in [9.17, 15) is 4.79 Å². The molecule has 1 amide bonds. The Bertz CT molecular complexity index is 330. The first-order valence-electron chi connectivity index (χ1n) is 8.67. The van der Waals surface area contributed by atoms with E-state index in [1.54, 1.807) is 0 Å². The van der Waals surface area contributed by atoms with E-state index in [0.29, 0.717) is 24.5 Å². The van der Waals surface area contributed by atoms with Gasteiger partial charge in [0.25, 0.3) is 0 Å². The Balaban J connectivity index is 1.36. The van der Waals surface area contributed by atoms with Crippen LogP contribution in [0, 0.1) is 0 Å². The molecule has 0 aromatic carbocycles. The zero-order valence-corrected chi connectivity index (χ0v) is 13.1. The van der Waals surface area contributed by atoms with Crippen molar-refractivity contribution in [2.24, 2.45) is 0 Å². The molecule has 5 nitrogen and oxygen atoms in total. The van der Waals surface area contributed by atoms with Crippen LogP contribution in [0.5, 0.6) is 0 Å². The number of nitrogens with zero attached hydrogens (tertiary/aromatic N) is 2. The fraction of sp³-hybridized carbons (Fsp3) is 0.938. The Morgan fingerprint density at radius 3 is 2.67 bits per heavy atom. The van der Waals surface area contributed by atoms with E-state index >= 15 is 0 Å². The van der Waals surface area contributed by atoms with Crippen LogP contribution < -0.4 is 5.32 Å². The molecular formula is C16H29N3O2. The lowest BCUT2D eigenvalue weighted by atomic mass is 10.0. The average molecular weight is 295 g/mol. The molecular weight excluding hydrogens is 266 g/mol. The highest BCUT2D eigenvalue weighted by molar-refractivity contribution is 5.76. The maximum atomic E-state index is 12.3. The quantitative estimate of drug-likeness (QED) is 0.835. The van der Waals surface area contributed by atoms with Crippen molar-refractivity contribution in [3.8, 4) is 0 Å². The molecule has 3 aliphatic heterocycles. The Morgan fingerprint density at radius 1 is 1.14 bits per heavy atom. The van der Waals surface area contributed by atoms with Crippen LogP contribution in [0.3, 0.4) is 0 Å². The van der Waals surface area contributed by atoms with Crippen molar-refractivity contribution in [3.05, 3.63) is 0 Å². The van der Waals surface area contributed by atoms with Gasteiger partial charge in [-0.05, 0) is 38.6 Å². The summed E-state index contributed by atoms with van der Waals surface area (Å²) in [6.45, 7) is 7.03. The maximum Gasteiger partial charge on any atom is 0.222 e. The van der Waals surface area contributed by atoms with Crippen molar-refractivity contribution < 1.29 is 9.53 Å². The summed E-state index contributed by atoms with van der Waals surface area (Å²) < 4.78 is 5.71. The van der Waals surface area contributed by atoms with Crippen LogP contribution in [-0.2, 0) is 9.53 Å². The molecule has 1 N–H and O–H groups in total. The number of piperazine rings is 1. The monoisotopic (exact) mass is 295 g/mol. The van der Waals surface area contributed by atoms with E-state index in [4.69, 9.17) is 4.74 Å². The van der Waals surface area contributed by atoms with Gasteiger partial charge in [-0.25, -0.2) is 0 Å². The van der Waals surface area contributed by atoms with Gasteiger partial charge in [-0.1, -0.05) is 0 Å². The summed E-state index contributed by atoms with van der Waals surface area (Å²) in [7, 11) is 0. The summed E-state index contributed by atoms with van der Waals surface area (Å²) >= 11 is 0. The second kappa shape index (κ2) is 7.56. The van der Waals surface area contributed by atoms with Gasteiger partial charge in [0, 0.05) is 51.8 Å². The molecule has 3 fully saturated rings. The van der Waals surface area contributed by atoms with E-state index in [0.717, 1.165) is 58.7 Å². The van der Waals surface area contributed by atoms with Crippen molar-refractivity contribution in [2.45, 2.75) is 50.7 Å². The molecule has 0 bridgehead atoms. The number of nitrogens with one attached hydrogen (secondary N) is 1. The number of carbonyl (C=O) groups excluding carboxylic acids is 1. The topological polar surface area (TPSA) is 44.8 Å². The van der Waals surface area contributed by atoms with Crippen molar-refractivity contribution in [1.29, 1.82) is 0 Å². The molecule has 0 aromatic rings. The zero-order valence-electron chi connectivity index (χ0n) is 13.1. The number of carbonyl (C=O) groups is 1. The van der Waals surface area contributed by atoms with Crippen molar-refractivity contribution in [2.75, 3.05) is 45.9 Å². The molecule has 0 radical (unpaired) electrons. The summed E-state index contributed by atoms with van der Waals surface area (Å²) in [5.41, 5.74) is 0. The molecule has 0 spiro atoms. The van der Waals surface area contributed by atoms with E-state index in [1.807, 2.05) is 0 Å². The molecule has 2 unspecified atom stereocenters. The van der Waals surface area contributed by atoms with Gasteiger partial charge in [-0.2, -0.15) is 0 Å². The first-order valence-corrected chi connectivity index (χ1v) is 8.67. The molecule has 120 valence electrons. The summed E-state index contributed by atoms with van der Waals surface area (Å²) in [6, 6.07) is 0.692.